The highest BCUT2D eigenvalue weighted by molar-refractivity contribution is 5.54. The van der Waals surface area contributed by atoms with Gasteiger partial charge in [0.25, 0.3) is 0 Å². The van der Waals surface area contributed by atoms with Gasteiger partial charge in [0.2, 0.25) is 0 Å². The Balaban J connectivity index is 2.33. The molecule has 0 aliphatic heterocycles. The first kappa shape index (κ1) is 9.84. The molecule has 0 N–H and O–H groups in total. The van der Waals surface area contributed by atoms with Crippen molar-refractivity contribution in [1.82, 2.24) is 9.97 Å². The molecule has 0 spiro atoms. The summed E-state index contributed by atoms with van der Waals surface area (Å²) in [5.41, 5.74) is 3.23. The summed E-state index contributed by atoms with van der Waals surface area (Å²) in [4.78, 5) is 8.62. The molecule has 0 bridgehead atoms. The van der Waals surface area contributed by atoms with E-state index in [1.165, 1.54) is 5.56 Å². The van der Waals surface area contributed by atoms with Crippen LogP contribution < -0.4 is 0 Å². The van der Waals surface area contributed by atoms with Gasteiger partial charge in [-0.3, -0.25) is 9.97 Å². The summed E-state index contributed by atoms with van der Waals surface area (Å²) in [5, 5.41) is 0. The molecule has 0 aliphatic carbocycles. The van der Waals surface area contributed by atoms with Gasteiger partial charge in [0, 0.05) is 12.4 Å². The number of pyridine rings is 2. The number of aryl methyl sites for hydroxylation is 1. The molecule has 76 valence electrons. The van der Waals surface area contributed by atoms with E-state index in [2.05, 4.69) is 29.0 Å². The maximum atomic E-state index is 4.33. The van der Waals surface area contributed by atoms with Crippen molar-refractivity contribution in [3.8, 4) is 11.4 Å². The zero-order chi connectivity index (χ0) is 10.5. The van der Waals surface area contributed by atoms with E-state index in [1.54, 1.807) is 6.20 Å². The molecular formula is C13H14N2. The van der Waals surface area contributed by atoms with E-state index >= 15 is 0 Å². The molecule has 0 aromatic carbocycles. The molecular weight excluding hydrogens is 184 g/mol. The van der Waals surface area contributed by atoms with E-state index < -0.39 is 0 Å². The summed E-state index contributed by atoms with van der Waals surface area (Å²) in [6.45, 7) is 2.18. The molecule has 0 aliphatic rings. The molecule has 2 rings (SSSR count). The molecule has 0 atom stereocenters. The van der Waals surface area contributed by atoms with Crippen molar-refractivity contribution in [3.05, 3.63) is 48.3 Å². The smallest absolute Gasteiger partial charge is 0.0888 e. The molecule has 0 saturated heterocycles. The Morgan fingerprint density at radius 3 is 2.60 bits per heavy atom. The molecule has 0 fully saturated rings. The van der Waals surface area contributed by atoms with Crippen molar-refractivity contribution < 1.29 is 0 Å². The summed E-state index contributed by atoms with van der Waals surface area (Å²) < 4.78 is 0. The van der Waals surface area contributed by atoms with Crippen molar-refractivity contribution in [1.29, 1.82) is 0 Å². The van der Waals surface area contributed by atoms with Crippen LogP contribution in [0.15, 0.2) is 42.7 Å². The van der Waals surface area contributed by atoms with Crippen LogP contribution in [0.5, 0.6) is 0 Å². The Kier molecular flexibility index (Phi) is 3.08. The zero-order valence-electron chi connectivity index (χ0n) is 8.85. The van der Waals surface area contributed by atoms with E-state index in [0.29, 0.717) is 0 Å². The summed E-state index contributed by atoms with van der Waals surface area (Å²) >= 11 is 0. The summed E-state index contributed by atoms with van der Waals surface area (Å²) in [6, 6.07) is 10.1. The number of hydrogen-bond acceptors (Lipinski definition) is 2. The minimum atomic E-state index is 0.940. The lowest BCUT2D eigenvalue weighted by Gasteiger charge is -2.02. The third kappa shape index (κ3) is 2.40. The minimum Gasteiger partial charge on any atom is -0.255 e. The van der Waals surface area contributed by atoms with Gasteiger partial charge in [-0.1, -0.05) is 19.4 Å². The summed E-state index contributed by atoms with van der Waals surface area (Å²) in [5.74, 6) is 0. The molecule has 2 aromatic rings. The highest BCUT2D eigenvalue weighted by Crippen LogP contribution is 2.15. The van der Waals surface area contributed by atoms with Gasteiger partial charge in [0.1, 0.15) is 0 Å². The van der Waals surface area contributed by atoms with Crippen LogP contribution in [0, 0.1) is 0 Å². The van der Waals surface area contributed by atoms with Crippen LogP contribution in [0.3, 0.4) is 0 Å². The summed E-state index contributed by atoms with van der Waals surface area (Å²) in [7, 11) is 0. The average Bonchev–Trinajstić information content (AvgIpc) is 2.31. The Bertz CT molecular complexity index is 424. The standard InChI is InChI=1S/C13H14N2/c1-2-5-11-7-9-15-13(10-11)12-6-3-4-8-14-12/h3-4,6-10H,2,5H2,1H3. The Morgan fingerprint density at radius 1 is 1.00 bits per heavy atom. The normalized spacial score (nSPS) is 10.2. The SMILES string of the molecule is CCCc1ccnc(-c2ccccn2)c1. The van der Waals surface area contributed by atoms with E-state index in [-0.39, 0.29) is 0 Å². The Hall–Kier alpha value is -1.70. The van der Waals surface area contributed by atoms with Gasteiger partial charge in [-0.2, -0.15) is 0 Å². The number of nitrogens with zero attached hydrogens (tertiary/aromatic N) is 2. The van der Waals surface area contributed by atoms with Crippen LogP contribution in [0.1, 0.15) is 18.9 Å². The van der Waals surface area contributed by atoms with Crippen LogP contribution >= 0.6 is 0 Å². The second kappa shape index (κ2) is 4.69. The molecule has 2 aromatic heterocycles. The van der Waals surface area contributed by atoms with Crippen molar-refractivity contribution in [2.24, 2.45) is 0 Å². The first-order chi connectivity index (χ1) is 7.40. The predicted molar refractivity (Wildman–Crippen MR) is 61.5 cm³/mol. The second-order valence-electron chi connectivity index (χ2n) is 3.51. The van der Waals surface area contributed by atoms with Gasteiger partial charge < -0.3 is 0 Å². The third-order valence-corrected chi connectivity index (χ3v) is 2.29. The largest absolute Gasteiger partial charge is 0.255 e. The quantitative estimate of drug-likeness (QED) is 0.757. The van der Waals surface area contributed by atoms with Gasteiger partial charge in [-0.05, 0) is 36.2 Å². The fraction of sp³-hybridized carbons (Fsp3) is 0.231. The highest BCUT2D eigenvalue weighted by atomic mass is 14.8. The monoisotopic (exact) mass is 198 g/mol. The van der Waals surface area contributed by atoms with Crippen LogP contribution in [0.4, 0.5) is 0 Å². The first-order valence-electron chi connectivity index (χ1n) is 5.26. The Morgan fingerprint density at radius 2 is 1.87 bits per heavy atom. The number of hydrogen-bond donors (Lipinski definition) is 0. The molecule has 2 nitrogen and oxygen atoms in total. The first-order valence-corrected chi connectivity index (χ1v) is 5.26. The van der Waals surface area contributed by atoms with Crippen LogP contribution in [-0.2, 0) is 6.42 Å². The van der Waals surface area contributed by atoms with Gasteiger partial charge in [-0.15, -0.1) is 0 Å². The van der Waals surface area contributed by atoms with Crippen molar-refractivity contribution in [2.45, 2.75) is 19.8 Å². The summed E-state index contributed by atoms with van der Waals surface area (Å²) in [6.07, 6.45) is 5.91. The minimum absolute atomic E-state index is 0.940. The molecule has 2 heterocycles. The third-order valence-electron chi connectivity index (χ3n) is 2.29. The maximum Gasteiger partial charge on any atom is 0.0888 e. The van der Waals surface area contributed by atoms with E-state index in [1.807, 2.05) is 24.4 Å². The van der Waals surface area contributed by atoms with Gasteiger partial charge in [0.05, 0.1) is 11.4 Å². The van der Waals surface area contributed by atoms with Crippen LogP contribution in [0.2, 0.25) is 0 Å². The zero-order valence-corrected chi connectivity index (χ0v) is 8.85. The van der Waals surface area contributed by atoms with Crippen molar-refractivity contribution in [2.75, 3.05) is 0 Å². The number of rotatable bonds is 3. The average molecular weight is 198 g/mol. The lowest BCUT2D eigenvalue weighted by Crippen LogP contribution is -1.89. The lowest BCUT2D eigenvalue weighted by atomic mass is 10.1. The van der Waals surface area contributed by atoms with Gasteiger partial charge in [-0.25, -0.2) is 0 Å². The van der Waals surface area contributed by atoms with Crippen molar-refractivity contribution >= 4 is 0 Å². The lowest BCUT2D eigenvalue weighted by molar-refractivity contribution is 0.918. The van der Waals surface area contributed by atoms with Crippen LogP contribution in [-0.4, -0.2) is 9.97 Å². The highest BCUT2D eigenvalue weighted by Gasteiger charge is 2.00. The van der Waals surface area contributed by atoms with E-state index in [9.17, 15) is 0 Å². The molecule has 0 unspecified atom stereocenters. The van der Waals surface area contributed by atoms with E-state index in [4.69, 9.17) is 0 Å². The molecule has 0 radical (unpaired) electrons. The second-order valence-corrected chi connectivity index (χ2v) is 3.51. The van der Waals surface area contributed by atoms with Crippen LogP contribution in [0.25, 0.3) is 11.4 Å². The maximum absolute atomic E-state index is 4.33. The topological polar surface area (TPSA) is 25.8 Å². The predicted octanol–water partition coefficient (Wildman–Crippen LogP) is 3.10. The van der Waals surface area contributed by atoms with E-state index in [0.717, 1.165) is 24.2 Å². The van der Waals surface area contributed by atoms with Gasteiger partial charge in [0.15, 0.2) is 0 Å². The fourth-order valence-electron chi connectivity index (χ4n) is 1.57. The fourth-order valence-corrected chi connectivity index (χ4v) is 1.57. The molecule has 0 saturated carbocycles. The Labute approximate surface area is 90.0 Å². The van der Waals surface area contributed by atoms with Crippen molar-refractivity contribution in [3.63, 3.8) is 0 Å². The molecule has 0 amide bonds. The molecule has 2 heteroatoms. The number of aromatic nitrogens is 2. The van der Waals surface area contributed by atoms with Gasteiger partial charge >= 0.3 is 0 Å². The molecule has 15 heavy (non-hydrogen) atoms.